The van der Waals surface area contributed by atoms with E-state index in [0.29, 0.717) is 0 Å². The van der Waals surface area contributed by atoms with E-state index in [4.69, 9.17) is 11.6 Å². The Morgan fingerprint density at radius 1 is 1.38 bits per heavy atom. The fraction of sp³-hybridized carbons (Fsp3) is 0.385. The minimum absolute atomic E-state index is 0.731. The number of hydrogen-bond donors (Lipinski definition) is 1. The highest BCUT2D eigenvalue weighted by atomic mass is 35.5. The number of aryl methyl sites for hydroxylation is 1. The summed E-state index contributed by atoms with van der Waals surface area (Å²) in [6, 6.07) is 5.80. The molecule has 2 nitrogen and oxygen atoms in total. The Hall–Kier alpha value is -0.990. The van der Waals surface area contributed by atoms with Gasteiger partial charge in [-0.1, -0.05) is 23.7 Å². The highest BCUT2D eigenvalue weighted by Crippen LogP contribution is 2.33. The fourth-order valence-corrected chi connectivity index (χ4v) is 2.33. The van der Waals surface area contributed by atoms with Gasteiger partial charge >= 0.3 is 0 Å². The van der Waals surface area contributed by atoms with Crippen molar-refractivity contribution in [1.82, 2.24) is 4.57 Å². The van der Waals surface area contributed by atoms with Gasteiger partial charge in [0, 0.05) is 23.7 Å². The number of fused-ring (bicyclic) bond motifs is 1. The second-order valence-corrected chi connectivity index (χ2v) is 4.93. The predicted octanol–water partition coefficient (Wildman–Crippen LogP) is 3.54. The van der Waals surface area contributed by atoms with Crippen molar-refractivity contribution in [2.75, 3.05) is 0 Å². The third kappa shape index (κ3) is 1.72. The maximum Gasteiger partial charge on any atom is 0.0861 e. The molecule has 0 unspecified atom stereocenters. The highest BCUT2D eigenvalue weighted by Gasteiger charge is 2.22. The molecule has 16 heavy (non-hydrogen) atoms. The molecule has 1 heterocycles. The Labute approximate surface area is 100 Å². The number of aliphatic hydroxyl groups is 1. The van der Waals surface area contributed by atoms with Crippen molar-refractivity contribution in [1.29, 1.82) is 0 Å². The van der Waals surface area contributed by atoms with Gasteiger partial charge in [-0.3, -0.25) is 0 Å². The molecule has 0 aliphatic rings. The molecule has 0 fully saturated rings. The maximum atomic E-state index is 10.1. The summed E-state index contributed by atoms with van der Waals surface area (Å²) < 4.78 is 2.07. The van der Waals surface area contributed by atoms with E-state index in [0.717, 1.165) is 28.0 Å². The molecule has 2 aromatic rings. The molecule has 0 saturated heterocycles. The SMILES string of the molecule is CCn1cc(C(C)(C)O)c2cccc(Cl)c21. The van der Waals surface area contributed by atoms with Crippen molar-refractivity contribution in [3.05, 3.63) is 35.0 Å². The normalized spacial score (nSPS) is 12.3. The van der Waals surface area contributed by atoms with Crippen LogP contribution in [0.3, 0.4) is 0 Å². The minimum atomic E-state index is -0.844. The Balaban J connectivity index is 2.84. The molecule has 0 radical (unpaired) electrons. The molecule has 0 aliphatic carbocycles. The van der Waals surface area contributed by atoms with E-state index in [2.05, 4.69) is 11.5 Å². The monoisotopic (exact) mass is 237 g/mol. The second kappa shape index (κ2) is 3.79. The van der Waals surface area contributed by atoms with Crippen LogP contribution in [0.15, 0.2) is 24.4 Å². The molecule has 2 rings (SSSR count). The van der Waals surface area contributed by atoms with Crippen molar-refractivity contribution in [2.45, 2.75) is 32.9 Å². The first-order valence-corrected chi connectivity index (χ1v) is 5.83. The second-order valence-electron chi connectivity index (χ2n) is 4.52. The highest BCUT2D eigenvalue weighted by molar-refractivity contribution is 6.35. The third-order valence-electron chi connectivity index (χ3n) is 2.85. The Morgan fingerprint density at radius 2 is 2.06 bits per heavy atom. The van der Waals surface area contributed by atoms with Gasteiger partial charge in [-0.05, 0) is 26.8 Å². The summed E-state index contributed by atoms with van der Waals surface area (Å²) in [5.74, 6) is 0. The van der Waals surface area contributed by atoms with Crippen LogP contribution in [-0.2, 0) is 12.1 Å². The Kier molecular flexibility index (Phi) is 2.72. The fourth-order valence-electron chi connectivity index (χ4n) is 2.05. The zero-order valence-corrected chi connectivity index (χ0v) is 10.5. The van der Waals surface area contributed by atoms with E-state index in [1.165, 1.54) is 0 Å². The van der Waals surface area contributed by atoms with E-state index in [-0.39, 0.29) is 0 Å². The largest absolute Gasteiger partial charge is 0.386 e. The summed E-state index contributed by atoms with van der Waals surface area (Å²) >= 11 is 6.20. The van der Waals surface area contributed by atoms with Gasteiger partial charge in [0.05, 0.1) is 16.1 Å². The molecule has 3 heteroatoms. The standard InChI is InChI=1S/C13H16ClNO/c1-4-15-8-10(13(2,3)16)9-6-5-7-11(14)12(9)15/h5-8,16H,4H2,1-3H3. The lowest BCUT2D eigenvalue weighted by Gasteiger charge is -2.16. The van der Waals surface area contributed by atoms with Crippen molar-refractivity contribution in [2.24, 2.45) is 0 Å². The zero-order chi connectivity index (χ0) is 11.9. The van der Waals surface area contributed by atoms with Crippen LogP contribution in [0.4, 0.5) is 0 Å². The number of para-hydroxylation sites is 1. The summed E-state index contributed by atoms with van der Waals surface area (Å²) in [5, 5.41) is 11.9. The van der Waals surface area contributed by atoms with Crippen LogP contribution in [0, 0.1) is 0 Å². The number of halogens is 1. The van der Waals surface area contributed by atoms with Crippen LogP contribution >= 0.6 is 11.6 Å². The third-order valence-corrected chi connectivity index (χ3v) is 3.15. The Morgan fingerprint density at radius 3 is 2.62 bits per heavy atom. The van der Waals surface area contributed by atoms with Crippen LogP contribution in [-0.4, -0.2) is 9.67 Å². The molecular weight excluding hydrogens is 222 g/mol. The molecule has 0 spiro atoms. The van der Waals surface area contributed by atoms with Gasteiger partial charge in [-0.2, -0.15) is 0 Å². The van der Waals surface area contributed by atoms with E-state index in [1.807, 2.05) is 24.4 Å². The number of hydrogen-bond acceptors (Lipinski definition) is 1. The first-order chi connectivity index (χ1) is 7.45. The molecule has 0 aliphatic heterocycles. The van der Waals surface area contributed by atoms with Crippen LogP contribution in [0.5, 0.6) is 0 Å². The molecule has 0 saturated carbocycles. The summed E-state index contributed by atoms with van der Waals surface area (Å²) in [6.45, 7) is 6.50. The molecule has 0 amide bonds. The quantitative estimate of drug-likeness (QED) is 0.849. The zero-order valence-electron chi connectivity index (χ0n) is 9.79. The van der Waals surface area contributed by atoms with Crippen molar-refractivity contribution in [3.8, 4) is 0 Å². The first kappa shape index (κ1) is 11.5. The summed E-state index contributed by atoms with van der Waals surface area (Å²) in [4.78, 5) is 0. The molecular formula is C13H16ClNO. The van der Waals surface area contributed by atoms with Crippen LogP contribution in [0.1, 0.15) is 26.3 Å². The lowest BCUT2D eigenvalue weighted by Crippen LogP contribution is -2.14. The van der Waals surface area contributed by atoms with E-state index < -0.39 is 5.60 Å². The molecule has 1 aromatic heterocycles. The van der Waals surface area contributed by atoms with Gasteiger partial charge in [0.2, 0.25) is 0 Å². The molecule has 1 aromatic carbocycles. The number of aromatic nitrogens is 1. The molecule has 0 atom stereocenters. The van der Waals surface area contributed by atoms with E-state index in [9.17, 15) is 5.11 Å². The van der Waals surface area contributed by atoms with Crippen LogP contribution in [0.2, 0.25) is 5.02 Å². The Bertz CT molecular complexity index is 522. The first-order valence-electron chi connectivity index (χ1n) is 5.45. The average Bonchev–Trinajstić information content (AvgIpc) is 2.57. The van der Waals surface area contributed by atoms with Gasteiger partial charge in [0.15, 0.2) is 0 Å². The van der Waals surface area contributed by atoms with E-state index in [1.54, 1.807) is 13.8 Å². The van der Waals surface area contributed by atoms with Gasteiger partial charge < -0.3 is 9.67 Å². The topological polar surface area (TPSA) is 25.2 Å². The lowest BCUT2D eigenvalue weighted by molar-refractivity contribution is 0.0800. The van der Waals surface area contributed by atoms with Crippen molar-refractivity contribution < 1.29 is 5.11 Å². The number of benzene rings is 1. The lowest BCUT2D eigenvalue weighted by atomic mass is 9.98. The number of nitrogens with zero attached hydrogens (tertiary/aromatic N) is 1. The summed E-state index contributed by atoms with van der Waals surface area (Å²) in [6.07, 6.45) is 1.98. The van der Waals surface area contributed by atoms with Gasteiger partial charge in [-0.15, -0.1) is 0 Å². The van der Waals surface area contributed by atoms with Crippen molar-refractivity contribution >= 4 is 22.5 Å². The molecule has 1 N–H and O–H groups in total. The van der Waals surface area contributed by atoms with Crippen LogP contribution < -0.4 is 0 Å². The van der Waals surface area contributed by atoms with Crippen molar-refractivity contribution in [3.63, 3.8) is 0 Å². The van der Waals surface area contributed by atoms with Gasteiger partial charge in [-0.25, -0.2) is 0 Å². The van der Waals surface area contributed by atoms with E-state index >= 15 is 0 Å². The summed E-state index contributed by atoms with van der Waals surface area (Å²) in [5.41, 5.74) is 1.08. The maximum absolute atomic E-state index is 10.1. The van der Waals surface area contributed by atoms with Gasteiger partial charge in [0.25, 0.3) is 0 Å². The molecule has 0 bridgehead atoms. The smallest absolute Gasteiger partial charge is 0.0861 e. The summed E-state index contributed by atoms with van der Waals surface area (Å²) in [7, 11) is 0. The minimum Gasteiger partial charge on any atom is -0.386 e. The molecule has 86 valence electrons. The predicted molar refractivity (Wildman–Crippen MR) is 67.9 cm³/mol. The average molecular weight is 238 g/mol. The number of rotatable bonds is 2. The van der Waals surface area contributed by atoms with Crippen LogP contribution in [0.25, 0.3) is 10.9 Å². The van der Waals surface area contributed by atoms with Gasteiger partial charge in [0.1, 0.15) is 0 Å².